The molecule has 17 heavy (non-hydrogen) atoms. The van der Waals surface area contributed by atoms with Crippen LogP contribution in [0.5, 0.6) is 5.75 Å². The lowest BCUT2D eigenvalue weighted by Gasteiger charge is -2.28. The lowest BCUT2D eigenvalue weighted by Crippen LogP contribution is -2.33. The second kappa shape index (κ2) is 4.91. The fraction of sp³-hybridized carbons (Fsp3) is 0.571. The first-order valence-corrected chi connectivity index (χ1v) is 7.31. The zero-order valence-electron chi connectivity index (χ0n) is 11.1. The highest BCUT2D eigenvalue weighted by Gasteiger charge is 2.33. The van der Waals surface area contributed by atoms with Crippen molar-refractivity contribution in [2.24, 2.45) is 0 Å². The Morgan fingerprint density at radius 1 is 1.41 bits per heavy atom. The molecular formula is C14H21NOS. The van der Waals surface area contributed by atoms with Gasteiger partial charge >= 0.3 is 0 Å². The summed E-state index contributed by atoms with van der Waals surface area (Å²) in [6.45, 7) is 5.52. The van der Waals surface area contributed by atoms with Crippen molar-refractivity contribution in [1.82, 2.24) is 5.32 Å². The molecule has 0 radical (unpaired) electrons. The molecule has 0 bridgehead atoms. The van der Waals surface area contributed by atoms with Crippen LogP contribution in [0.25, 0.3) is 0 Å². The molecule has 1 aliphatic heterocycles. The van der Waals surface area contributed by atoms with Gasteiger partial charge in [-0.25, -0.2) is 0 Å². The van der Waals surface area contributed by atoms with E-state index in [1.807, 2.05) is 0 Å². The Labute approximate surface area is 108 Å². The van der Waals surface area contributed by atoms with E-state index in [-0.39, 0.29) is 5.54 Å². The number of rotatable bonds is 3. The SMILES string of the molecule is COc1cc(C)c(SC)cc1C1(C)CCCN1. The van der Waals surface area contributed by atoms with Crippen molar-refractivity contribution in [1.29, 1.82) is 0 Å². The molecule has 0 spiro atoms. The lowest BCUT2D eigenvalue weighted by molar-refractivity contribution is 0.370. The van der Waals surface area contributed by atoms with E-state index in [0.717, 1.165) is 12.3 Å². The van der Waals surface area contributed by atoms with Crippen LogP contribution in [0, 0.1) is 6.92 Å². The van der Waals surface area contributed by atoms with Crippen molar-refractivity contribution in [3.05, 3.63) is 23.3 Å². The van der Waals surface area contributed by atoms with Gasteiger partial charge in [0.1, 0.15) is 5.75 Å². The van der Waals surface area contributed by atoms with Crippen LogP contribution >= 0.6 is 11.8 Å². The largest absolute Gasteiger partial charge is 0.496 e. The molecule has 1 fully saturated rings. The average molecular weight is 251 g/mol. The molecule has 1 aliphatic rings. The standard InChI is InChI=1S/C14H21NOS/c1-10-8-12(16-3)11(9-13(10)17-4)14(2)6-5-7-15-14/h8-9,15H,5-7H2,1-4H3. The van der Waals surface area contributed by atoms with Crippen LogP contribution in [0.2, 0.25) is 0 Å². The monoisotopic (exact) mass is 251 g/mol. The number of aryl methyl sites for hydroxylation is 1. The zero-order chi connectivity index (χ0) is 12.5. The van der Waals surface area contributed by atoms with Gasteiger partial charge in [-0.3, -0.25) is 0 Å². The maximum absolute atomic E-state index is 5.55. The third-order valence-corrected chi connectivity index (χ3v) is 4.56. The third kappa shape index (κ3) is 2.31. The Morgan fingerprint density at radius 2 is 2.18 bits per heavy atom. The number of hydrogen-bond donors (Lipinski definition) is 1. The molecule has 2 rings (SSSR count). The lowest BCUT2D eigenvalue weighted by atomic mass is 9.89. The summed E-state index contributed by atoms with van der Waals surface area (Å²) in [5, 5.41) is 3.61. The third-order valence-electron chi connectivity index (χ3n) is 3.68. The van der Waals surface area contributed by atoms with Gasteiger partial charge in [0, 0.05) is 16.0 Å². The highest BCUT2D eigenvalue weighted by Crippen LogP contribution is 2.39. The first-order valence-electron chi connectivity index (χ1n) is 6.09. The Morgan fingerprint density at radius 3 is 2.71 bits per heavy atom. The van der Waals surface area contributed by atoms with Crippen LogP contribution in [-0.2, 0) is 5.54 Å². The van der Waals surface area contributed by atoms with E-state index in [0.29, 0.717) is 0 Å². The summed E-state index contributed by atoms with van der Waals surface area (Å²) >= 11 is 1.80. The van der Waals surface area contributed by atoms with Crippen LogP contribution in [-0.4, -0.2) is 19.9 Å². The van der Waals surface area contributed by atoms with Crippen molar-refractivity contribution >= 4 is 11.8 Å². The summed E-state index contributed by atoms with van der Waals surface area (Å²) in [6.07, 6.45) is 4.55. The smallest absolute Gasteiger partial charge is 0.124 e. The minimum absolute atomic E-state index is 0.0729. The van der Waals surface area contributed by atoms with Crippen molar-refractivity contribution in [3.63, 3.8) is 0 Å². The summed E-state index contributed by atoms with van der Waals surface area (Å²) in [5.74, 6) is 1.01. The van der Waals surface area contributed by atoms with Gasteiger partial charge in [0.15, 0.2) is 0 Å². The van der Waals surface area contributed by atoms with Crippen molar-refractivity contribution in [2.75, 3.05) is 19.9 Å². The Hall–Kier alpha value is -0.670. The zero-order valence-corrected chi connectivity index (χ0v) is 11.9. The molecule has 1 heterocycles. The van der Waals surface area contributed by atoms with Gasteiger partial charge in [0.25, 0.3) is 0 Å². The molecule has 0 saturated carbocycles. The maximum atomic E-state index is 5.55. The predicted molar refractivity (Wildman–Crippen MR) is 74.1 cm³/mol. The topological polar surface area (TPSA) is 21.3 Å². The minimum atomic E-state index is 0.0729. The second-order valence-corrected chi connectivity index (χ2v) is 5.73. The quantitative estimate of drug-likeness (QED) is 0.833. The van der Waals surface area contributed by atoms with Gasteiger partial charge in [0.2, 0.25) is 0 Å². The van der Waals surface area contributed by atoms with E-state index in [4.69, 9.17) is 4.74 Å². The Balaban J connectivity index is 2.50. The first-order chi connectivity index (χ1) is 8.10. The first kappa shape index (κ1) is 12.8. The number of methoxy groups -OCH3 is 1. The van der Waals surface area contributed by atoms with Gasteiger partial charge < -0.3 is 10.1 Å². The Kier molecular flexibility index (Phi) is 3.69. The molecule has 0 aliphatic carbocycles. The molecular weight excluding hydrogens is 230 g/mol. The van der Waals surface area contributed by atoms with Crippen LogP contribution in [0.4, 0.5) is 0 Å². The summed E-state index contributed by atoms with van der Waals surface area (Å²) in [4.78, 5) is 1.34. The molecule has 0 amide bonds. The van der Waals surface area contributed by atoms with Gasteiger partial charge in [-0.05, 0) is 57.2 Å². The molecule has 94 valence electrons. The molecule has 3 heteroatoms. The second-order valence-electron chi connectivity index (χ2n) is 4.88. The molecule has 1 N–H and O–H groups in total. The van der Waals surface area contributed by atoms with Gasteiger partial charge in [0.05, 0.1) is 7.11 Å². The van der Waals surface area contributed by atoms with E-state index in [1.54, 1.807) is 18.9 Å². The molecule has 1 saturated heterocycles. The maximum Gasteiger partial charge on any atom is 0.124 e. The normalized spacial score (nSPS) is 24.0. The van der Waals surface area contributed by atoms with E-state index in [1.165, 1.54) is 28.9 Å². The fourth-order valence-corrected chi connectivity index (χ4v) is 3.22. The molecule has 2 nitrogen and oxygen atoms in total. The van der Waals surface area contributed by atoms with Crippen LogP contribution in [0.15, 0.2) is 17.0 Å². The van der Waals surface area contributed by atoms with Gasteiger partial charge in [-0.15, -0.1) is 11.8 Å². The van der Waals surface area contributed by atoms with E-state index >= 15 is 0 Å². The number of thioether (sulfide) groups is 1. The van der Waals surface area contributed by atoms with Crippen molar-refractivity contribution in [3.8, 4) is 5.75 Å². The average Bonchev–Trinajstić information content (AvgIpc) is 2.76. The highest BCUT2D eigenvalue weighted by molar-refractivity contribution is 7.98. The number of hydrogen-bond acceptors (Lipinski definition) is 3. The van der Waals surface area contributed by atoms with Crippen molar-refractivity contribution < 1.29 is 4.74 Å². The molecule has 1 atom stereocenters. The minimum Gasteiger partial charge on any atom is -0.496 e. The van der Waals surface area contributed by atoms with Crippen LogP contribution in [0.3, 0.4) is 0 Å². The summed E-state index contributed by atoms with van der Waals surface area (Å²) in [5.41, 5.74) is 2.66. The number of nitrogens with one attached hydrogen (secondary N) is 1. The molecule has 1 aromatic rings. The van der Waals surface area contributed by atoms with E-state index in [2.05, 4.69) is 37.6 Å². The van der Waals surface area contributed by atoms with Gasteiger partial charge in [-0.2, -0.15) is 0 Å². The number of ether oxygens (including phenoxy) is 1. The Bertz CT molecular complexity index is 411. The summed E-state index contributed by atoms with van der Waals surface area (Å²) < 4.78 is 5.55. The van der Waals surface area contributed by atoms with Crippen LogP contribution < -0.4 is 10.1 Å². The predicted octanol–water partition coefficient (Wildman–Crippen LogP) is 3.32. The number of benzene rings is 1. The summed E-state index contributed by atoms with van der Waals surface area (Å²) in [7, 11) is 1.76. The van der Waals surface area contributed by atoms with Gasteiger partial charge in [-0.1, -0.05) is 0 Å². The molecule has 1 unspecified atom stereocenters. The van der Waals surface area contributed by atoms with Crippen molar-refractivity contribution in [2.45, 2.75) is 37.1 Å². The van der Waals surface area contributed by atoms with E-state index in [9.17, 15) is 0 Å². The van der Waals surface area contributed by atoms with E-state index < -0.39 is 0 Å². The fourth-order valence-electron chi connectivity index (χ4n) is 2.61. The molecule has 1 aromatic carbocycles. The summed E-state index contributed by atoms with van der Waals surface area (Å²) in [6, 6.07) is 4.45. The van der Waals surface area contributed by atoms with Crippen LogP contribution in [0.1, 0.15) is 30.9 Å². The molecule has 0 aromatic heterocycles. The highest BCUT2D eigenvalue weighted by atomic mass is 32.2.